The molecule has 2 nitrogen and oxygen atoms in total. The molecule has 2 heteroatoms. The predicted octanol–water partition coefficient (Wildman–Crippen LogP) is 2.55. The SMILES string of the molecule is Cc1cc2cc(C)c(C)c(CN)c2[nH]1. The number of fused-ring (bicyclic) bond motifs is 1. The minimum absolute atomic E-state index is 0.601. The van der Waals surface area contributed by atoms with Crippen molar-refractivity contribution in [1.82, 2.24) is 4.98 Å². The van der Waals surface area contributed by atoms with Gasteiger partial charge in [0, 0.05) is 17.6 Å². The fraction of sp³-hybridized carbons (Fsp3) is 0.333. The van der Waals surface area contributed by atoms with E-state index in [4.69, 9.17) is 5.73 Å². The van der Waals surface area contributed by atoms with E-state index in [1.807, 2.05) is 0 Å². The van der Waals surface area contributed by atoms with Gasteiger partial charge in [-0.1, -0.05) is 0 Å². The molecule has 2 rings (SSSR count). The molecule has 1 aromatic heterocycles. The van der Waals surface area contributed by atoms with Crippen LogP contribution < -0.4 is 5.73 Å². The summed E-state index contributed by atoms with van der Waals surface area (Å²) in [6.45, 7) is 6.94. The van der Waals surface area contributed by atoms with Gasteiger partial charge in [0.2, 0.25) is 0 Å². The summed E-state index contributed by atoms with van der Waals surface area (Å²) in [5, 5.41) is 1.27. The molecule has 0 bridgehead atoms. The third-order valence-electron chi connectivity index (χ3n) is 2.90. The maximum Gasteiger partial charge on any atom is 0.0504 e. The molecule has 0 unspecified atom stereocenters. The summed E-state index contributed by atoms with van der Waals surface area (Å²) in [7, 11) is 0. The Bertz CT molecular complexity index is 481. The Morgan fingerprint density at radius 3 is 2.57 bits per heavy atom. The van der Waals surface area contributed by atoms with Crippen molar-refractivity contribution < 1.29 is 0 Å². The average Bonchev–Trinajstić information content (AvgIpc) is 2.47. The number of aryl methyl sites for hydroxylation is 2. The van der Waals surface area contributed by atoms with Gasteiger partial charge in [0.15, 0.2) is 0 Å². The zero-order valence-electron chi connectivity index (χ0n) is 8.94. The molecule has 2 aromatic rings. The molecule has 3 N–H and O–H groups in total. The highest BCUT2D eigenvalue weighted by atomic mass is 14.7. The predicted molar refractivity (Wildman–Crippen MR) is 60.4 cm³/mol. The molecular weight excluding hydrogens is 172 g/mol. The fourth-order valence-electron chi connectivity index (χ4n) is 2.00. The van der Waals surface area contributed by atoms with E-state index < -0.39 is 0 Å². The lowest BCUT2D eigenvalue weighted by Crippen LogP contribution is -2.01. The van der Waals surface area contributed by atoms with Gasteiger partial charge in [0.25, 0.3) is 0 Å². The average molecular weight is 188 g/mol. The molecule has 14 heavy (non-hydrogen) atoms. The maximum absolute atomic E-state index is 5.77. The van der Waals surface area contributed by atoms with Crippen LogP contribution >= 0.6 is 0 Å². The topological polar surface area (TPSA) is 41.8 Å². The normalized spacial score (nSPS) is 11.1. The first-order chi connectivity index (χ1) is 6.63. The first-order valence-electron chi connectivity index (χ1n) is 4.92. The molecule has 0 saturated carbocycles. The molecule has 0 fully saturated rings. The largest absolute Gasteiger partial charge is 0.358 e. The van der Waals surface area contributed by atoms with Crippen LogP contribution in [0.2, 0.25) is 0 Å². The van der Waals surface area contributed by atoms with Crippen molar-refractivity contribution in [2.24, 2.45) is 5.73 Å². The number of rotatable bonds is 1. The van der Waals surface area contributed by atoms with Gasteiger partial charge in [-0.3, -0.25) is 0 Å². The van der Waals surface area contributed by atoms with Gasteiger partial charge in [-0.2, -0.15) is 0 Å². The standard InChI is InChI=1S/C12H16N2/c1-7-4-10-5-8(2)14-12(10)11(6-13)9(7)3/h4-5,14H,6,13H2,1-3H3. The van der Waals surface area contributed by atoms with E-state index in [0.29, 0.717) is 6.54 Å². The van der Waals surface area contributed by atoms with E-state index in [1.165, 1.54) is 33.3 Å². The van der Waals surface area contributed by atoms with Gasteiger partial charge < -0.3 is 10.7 Å². The van der Waals surface area contributed by atoms with Crippen molar-refractivity contribution in [3.05, 3.63) is 34.5 Å². The van der Waals surface area contributed by atoms with E-state index in [0.717, 1.165) is 0 Å². The third kappa shape index (κ3) is 1.23. The van der Waals surface area contributed by atoms with Gasteiger partial charge in [-0.15, -0.1) is 0 Å². The van der Waals surface area contributed by atoms with Crippen LogP contribution in [0.25, 0.3) is 10.9 Å². The lowest BCUT2D eigenvalue weighted by Gasteiger charge is -2.08. The maximum atomic E-state index is 5.77. The quantitative estimate of drug-likeness (QED) is 0.709. The molecule has 0 atom stereocenters. The molecule has 0 amide bonds. The second-order valence-electron chi connectivity index (χ2n) is 3.92. The summed E-state index contributed by atoms with van der Waals surface area (Å²) >= 11 is 0. The van der Waals surface area contributed by atoms with Gasteiger partial charge in [-0.05, 0) is 49.6 Å². The Labute approximate surface area is 84.1 Å². The van der Waals surface area contributed by atoms with E-state index in [2.05, 4.69) is 37.9 Å². The molecule has 74 valence electrons. The van der Waals surface area contributed by atoms with Gasteiger partial charge >= 0.3 is 0 Å². The number of H-pyrrole nitrogens is 1. The first-order valence-corrected chi connectivity index (χ1v) is 4.92. The number of benzene rings is 1. The van der Waals surface area contributed by atoms with E-state index in [9.17, 15) is 0 Å². The summed E-state index contributed by atoms with van der Waals surface area (Å²) in [5.41, 5.74) is 12.0. The molecule has 1 heterocycles. The molecular formula is C12H16N2. The zero-order valence-corrected chi connectivity index (χ0v) is 8.94. The number of aromatic nitrogens is 1. The highest BCUT2D eigenvalue weighted by Gasteiger charge is 2.08. The van der Waals surface area contributed by atoms with Crippen molar-refractivity contribution >= 4 is 10.9 Å². The number of hydrogen-bond donors (Lipinski definition) is 2. The van der Waals surface area contributed by atoms with Crippen molar-refractivity contribution in [2.45, 2.75) is 27.3 Å². The van der Waals surface area contributed by atoms with Crippen LogP contribution in [0.3, 0.4) is 0 Å². The highest BCUT2D eigenvalue weighted by molar-refractivity contribution is 5.85. The molecule has 0 aliphatic rings. The summed E-state index contributed by atoms with van der Waals surface area (Å²) in [6, 6.07) is 4.38. The highest BCUT2D eigenvalue weighted by Crippen LogP contribution is 2.25. The van der Waals surface area contributed by atoms with Crippen molar-refractivity contribution in [2.75, 3.05) is 0 Å². The molecule has 0 radical (unpaired) electrons. The molecule has 0 aliphatic heterocycles. The number of aromatic amines is 1. The number of nitrogens with one attached hydrogen (secondary N) is 1. The third-order valence-corrected chi connectivity index (χ3v) is 2.90. The van der Waals surface area contributed by atoms with Crippen molar-refractivity contribution in [1.29, 1.82) is 0 Å². The van der Waals surface area contributed by atoms with Crippen LogP contribution in [0.15, 0.2) is 12.1 Å². The van der Waals surface area contributed by atoms with Crippen LogP contribution in [0.4, 0.5) is 0 Å². The summed E-state index contributed by atoms with van der Waals surface area (Å²) < 4.78 is 0. The summed E-state index contributed by atoms with van der Waals surface area (Å²) in [6.07, 6.45) is 0. The second-order valence-corrected chi connectivity index (χ2v) is 3.92. The summed E-state index contributed by atoms with van der Waals surface area (Å²) in [4.78, 5) is 3.37. The van der Waals surface area contributed by atoms with E-state index in [1.54, 1.807) is 0 Å². The molecule has 0 spiro atoms. The molecule has 0 saturated heterocycles. The monoisotopic (exact) mass is 188 g/mol. The Kier molecular flexibility index (Phi) is 2.08. The van der Waals surface area contributed by atoms with Crippen LogP contribution in [-0.2, 0) is 6.54 Å². The minimum atomic E-state index is 0.601. The zero-order chi connectivity index (χ0) is 10.3. The lowest BCUT2D eigenvalue weighted by molar-refractivity contribution is 1.05. The van der Waals surface area contributed by atoms with Crippen LogP contribution in [0, 0.1) is 20.8 Å². The fourth-order valence-corrected chi connectivity index (χ4v) is 2.00. The van der Waals surface area contributed by atoms with Crippen molar-refractivity contribution in [3.8, 4) is 0 Å². The van der Waals surface area contributed by atoms with Crippen molar-refractivity contribution in [3.63, 3.8) is 0 Å². The van der Waals surface area contributed by atoms with Crippen LogP contribution in [0.1, 0.15) is 22.4 Å². The summed E-state index contributed by atoms with van der Waals surface area (Å²) in [5.74, 6) is 0. The Morgan fingerprint density at radius 1 is 1.21 bits per heavy atom. The van der Waals surface area contributed by atoms with Gasteiger partial charge in [-0.25, -0.2) is 0 Å². The second kappa shape index (κ2) is 3.14. The Balaban J connectivity index is 2.87. The molecule has 1 aromatic carbocycles. The lowest BCUT2D eigenvalue weighted by atomic mass is 10.0. The van der Waals surface area contributed by atoms with E-state index in [-0.39, 0.29) is 0 Å². The number of hydrogen-bond acceptors (Lipinski definition) is 1. The van der Waals surface area contributed by atoms with Crippen LogP contribution in [0.5, 0.6) is 0 Å². The Morgan fingerprint density at radius 2 is 1.93 bits per heavy atom. The van der Waals surface area contributed by atoms with Gasteiger partial charge in [0.1, 0.15) is 0 Å². The minimum Gasteiger partial charge on any atom is -0.358 e. The molecule has 0 aliphatic carbocycles. The van der Waals surface area contributed by atoms with Crippen LogP contribution in [-0.4, -0.2) is 4.98 Å². The Hall–Kier alpha value is -1.28. The van der Waals surface area contributed by atoms with E-state index >= 15 is 0 Å². The van der Waals surface area contributed by atoms with Gasteiger partial charge in [0.05, 0.1) is 5.52 Å². The number of nitrogens with two attached hydrogens (primary N) is 1. The first kappa shape index (κ1) is 9.28. The smallest absolute Gasteiger partial charge is 0.0504 e.